The topological polar surface area (TPSA) is 26.0 Å². The Bertz CT molecular complexity index is 289. The lowest BCUT2D eigenvalue weighted by molar-refractivity contribution is 0.308. The van der Waals surface area contributed by atoms with Crippen LogP contribution >= 0.6 is 22.9 Å². The zero-order valence-electron chi connectivity index (χ0n) is 7.55. The molecular formula is C10H14ClNS. The summed E-state index contributed by atoms with van der Waals surface area (Å²) in [4.78, 5) is 1.26. The third kappa shape index (κ3) is 1.90. The fourth-order valence-corrected chi connectivity index (χ4v) is 3.21. The molecule has 0 bridgehead atoms. The zero-order valence-corrected chi connectivity index (χ0v) is 9.13. The smallest absolute Gasteiger partial charge is 0.0931 e. The maximum atomic E-state index is 6.35. The molecule has 0 spiro atoms. The minimum atomic E-state index is -0.0734. The number of rotatable bonds is 1. The van der Waals surface area contributed by atoms with E-state index in [0.29, 0.717) is 0 Å². The third-order valence-electron chi connectivity index (χ3n) is 2.81. The van der Waals surface area contributed by atoms with Crippen LogP contribution in [-0.2, 0) is 5.54 Å². The highest BCUT2D eigenvalue weighted by Gasteiger charge is 2.30. The molecule has 72 valence electrons. The van der Waals surface area contributed by atoms with Gasteiger partial charge in [0.2, 0.25) is 0 Å². The van der Waals surface area contributed by atoms with Crippen molar-refractivity contribution in [2.45, 2.75) is 37.6 Å². The van der Waals surface area contributed by atoms with Gasteiger partial charge in [-0.1, -0.05) is 30.9 Å². The number of halogens is 1. The van der Waals surface area contributed by atoms with Crippen molar-refractivity contribution in [3.63, 3.8) is 0 Å². The van der Waals surface area contributed by atoms with Gasteiger partial charge in [-0.3, -0.25) is 0 Å². The van der Waals surface area contributed by atoms with Crippen molar-refractivity contribution < 1.29 is 0 Å². The average Bonchev–Trinajstić information content (AvgIpc) is 2.54. The molecule has 0 unspecified atom stereocenters. The van der Waals surface area contributed by atoms with E-state index >= 15 is 0 Å². The second-order valence-corrected chi connectivity index (χ2v) is 5.54. The first-order valence-electron chi connectivity index (χ1n) is 4.75. The molecule has 0 aliphatic heterocycles. The van der Waals surface area contributed by atoms with Gasteiger partial charge in [-0.15, -0.1) is 11.3 Å². The van der Waals surface area contributed by atoms with Gasteiger partial charge in [-0.05, 0) is 25.0 Å². The van der Waals surface area contributed by atoms with Crippen LogP contribution in [0.2, 0.25) is 4.34 Å². The van der Waals surface area contributed by atoms with Crippen molar-refractivity contribution in [2.24, 2.45) is 5.73 Å². The standard InChI is InChI=1S/C10H14ClNS/c11-9-5-4-8(13-9)10(12)6-2-1-3-7-10/h4-5H,1-3,6-7,12H2. The van der Waals surface area contributed by atoms with Crippen molar-refractivity contribution in [3.05, 3.63) is 21.3 Å². The van der Waals surface area contributed by atoms with Crippen LogP contribution in [0.15, 0.2) is 12.1 Å². The molecule has 1 heterocycles. The molecule has 0 amide bonds. The van der Waals surface area contributed by atoms with E-state index in [1.807, 2.05) is 6.07 Å². The molecule has 1 fully saturated rings. The first-order valence-corrected chi connectivity index (χ1v) is 5.95. The van der Waals surface area contributed by atoms with Crippen LogP contribution in [0.1, 0.15) is 37.0 Å². The average molecular weight is 216 g/mol. The van der Waals surface area contributed by atoms with Gasteiger partial charge in [-0.25, -0.2) is 0 Å². The Balaban J connectivity index is 2.22. The van der Waals surface area contributed by atoms with Gasteiger partial charge >= 0.3 is 0 Å². The van der Waals surface area contributed by atoms with E-state index in [9.17, 15) is 0 Å². The first-order chi connectivity index (χ1) is 6.21. The van der Waals surface area contributed by atoms with Gasteiger partial charge in [0.1, 0.15) is 0 Å². The summed E-state index contributed by atoms with van der Waals surface area (Å²) in [5.74, 6) is 0. The molecule has 1 nitrogen and oxygen atoms in total. The largest absolute Gasteiger partial charge is 0.321 e. The summed E-state index contributed by atoms with van der Waals surface area (Å²) in [6.07, 6.45) is 6.07. The molecule has 1 aliphatic carbocycles. The number of nitrogens with two attached hydrogens (primary N) is 1. The van der Waals surface area contributed by atoms with Gasteiger partial charge in [0.15, 0.2) is 0 Å². The minimum Gasteiger partial charge on any atom is -0.321 e. The van der Waals surface area contributed by atoms with E-state index < -0.39 is 0 Å². The van der Waals surface area contributed by atoms with Gasteiger partial charge in [0, 0.05) is 4.88 Å². The Hall–Kier alpha value is -0.0500. The fraction of sp³-hybridized carbons (Fsp3) is 0.600. The normalized spacial score (nSPS) is 21.7. The van der Waals surface area contributed by atoms with Crippen LogP contribution < -0.4 is 5.73 Å². The molecule has 2 rings (SSSR count). The minimum absolute atomic E-state index is 0.0734. The van der Waals surface area contributed by atoms with Crippen LogP contribution in [-0.4, -0.2) is 0 Å². The maximum Gasteiger partial charge on any atom is 0.0931 e. The lowest BCUT2D eigenvalue weighted by Gasteiger charge is -2.32. The molecule has 1 aromatic heterocycles. The zero-order chi connectivity index (χ0) is 9.31. The summed E-state index contributed by atoms with van der Waals surface area (Å²) in [5.41, 5.74) is 6.27. The van der Waals surface area contributed by atoms with Crippen molar-refractivity contribution in [1.29, 1.82) is 0 Å². The number of hydrogen-bond donors (Lipinski definition) is 1. The number of hydrogen-bond acceptors (Lipinski definition) is 2. The number of thiophene rings is 1. The van der Waals surface area contributed by atoms with Gasteiger partial charge in [0.25, 0.3) is 0 Å². The molecule has 3 heteroatoms. The lowest BCUT2D eigenvalue weighted by Crippen LogP contribution is -2.37. The van der Waals surface area contributed by atoms with Crippen LogP contribution in [0.3, 0.4) is 0 Å². The summed E-state index contributed by atoms with van der Waals surface area (Å²) in [6.45, 7) is 0. The molecule has 13 heavy (non-hydrogen) atoms. The quantitative estimate of drug-likeness (QED) is 0.762. The highest BCUT2D eigenvalue weighted by Crippen LogP contribution is 2.39. The Morgan fingerprint density at radius 3 is 2.46 bits per heavy atom. The van der Waals surface area contributed by atoms with E-state index in [4.69, 9.17) is 17.3 Å². The van der Waals surface area contributed by atoms with Gasteiger partial charge in [0.05, 0.1) is 9.88 Å². The second-order valence-electron chi connectivity index (χ2n) is 3.82. The summed E-state index contributed by atoms with van der Waals surface area (Å²) >= 11 is 7.54. The molecule has 0 aromatic carbocycles. The van der Waals surface area contributed by atoms with Crippen molar-refractivity contribution >= 4 is 22.9 Å². The van der Waals surface area contributed by atoms with E-state index in [1.165, 1.54) is 24.1 Å². The van der Waals surface area contributed by atoms with Crippen molar-refractivity contribution in [1.82, 2.24) is 0 Å². The highest BCUT2D eigenvalue weighted by molar-refractivity contribution is 7.16. The summed E-state index contributed by atoms with van der Waals surface area (Å²) < 4.78 is 0.852. The van der Waals surface area contributed by atoms with Crippen LogP contribution in [0.4, 0.5) is 0 Å². The molecule has 2 N–H and O–H groups in total. The van der Waals surface area contributed by atoms with E-state index in [1.54, 1.807) is 11.3 Å². The van der Waals surface area contributed by atoms with Crippen molar-refractivity contribution in [2.75, 3.05) is 0 Å². The van der Waals surface area contributed by atoms with Crippen molar-refractivity contribution in [3.8, 4) is 0 Å². The predicted molar refractivity (Wildman–Crippen MR) is 58.3 cm³/mol. The Morgan fingerprint density at radius 2 is 1.92 bits per heavy atom. The predicted octanol–water partition coefficient (Wildman–Crippen LogP) is 3.52. The molecule has 0 radical (unpaired) electrons. The van der Waals surface area contributed by atoms with Crippen LogP contribution in [0.25, 0.3) is 0 Å². The SMILES string of the molecule is NC1(c2ccc(Cl)s2)CCCCC1. The van der Waals surface area contributed by atoms with Gasteiger partial charge in [-0.2, -0.15) is 0 Å². The molecule has 1 aliphatic rings. The molecule has 0 saturated heterocycles. The fourth-order valence-electron chi connectivity index (χ4n) is 2.01. The molecule has 0 atom stereocenters. The Kier molecular flexibility index (Phi) is 2.63. The Labute approximate surface area is 87.9 Å². The molecular weight excluding hydrogens is 202 g/mol. The van der Waals surface area contributed by atoms with E-state index in [-0.39, 0.29) is 5.54 Å². The maximum absolute atomic E-state index is 6.35. The first kappa shape index (κ1) is 9.50. The highest BCUT2D eigenvalue weighted by atomic mass is 35.5. The van der Waals surface area contributed by atoms with Gasteiger partial charge < -0.3 is 5.73 Å². The summed E-state index contributed by atoms with van der Waals surface area (Å²) in [5, 5.41) is 0. The molecule has 1 aromatic rings. The third-order valence-corrected chi connectivity index (χ3v) is 4.26. The Morgan fingerprint density at radius 1 is 1.23 bits per heavy atom. The van der Waals surface area contributed by atoms with E-state index in [0.717, 1.165) is 17.2 Å². The van der Waals surface area contributed by atoms with Crippen LogP contribution in [0, 0.1) is 0 Å². The monoisotopic (exact) mass is 215 g/mol. The van der Waals surface area contributed by atoms with E-state index in [2.05, 4.69) is 6.07 Å². The summed E-state index contributed by atoms with van der Waals surface area (Å²) in [6, 6.07) is 4.03. The molecule has 1 saturated carbocycles. The van der Waals surface area contributed by atoms with Crippen LogP contribution in [0.5, 0.6) is 0 Å². The second kappa shape index (κ2) is 3.60. The summed E-state index contributed by atoms with van der Waals surface area (Å²) in [7, 11) is 0. The lowest BCUT2D eigenvalue weighted by atomic mass is 9.81.